The van der Waals surface area contributed by atoms with E-state index in [-0.39, 0.29) is 18.2 Å². The van der Waals surface area contributed by atoms with E-state index in [4.69, 9.17) is 9.47 Å². The van der Waals surface area contributed by atoms with E-state index in [1.807, 2.05) is 38.1 Å². The molecule has 2 aliphatic rings. The number of benzene rings is 1. The average Bonchev–Trinajstić information content (AvgIpc) is 3.16. The predicted molar refractivity (Wildman–Crippen MR) is 111 cm³/mol. The zero-order valence-electron chi connectivity index (χ0n) is 16.5. The van der Waals surface area contributed by atoms with Crippen LogP contribution in [0.3, 0.4) is 0 Å². The summed E-state index contributed by atoms with van der Waals surface area (Å²) in [5, 5.41) is 5.23. The topological polar surface area (TPSA) is 84.0 Å². The summed E-state index contributed by atoms with van der Waals surface area (Å²) < 4.78 is 10.6. The molecule has 0 saturated carbocycles. The van der Waals surface area contributed by atoms with Crippen molar-refractivity contribution in [3.63, 3.8) is 0 Å². The number of amides is 2. The molecule has 0 unspecified atom stereocenters. The molecular formula is C20H24N4O4S. The van der Waals surface area contributed by atoms with Crippen LogP contribution < -0.4 is 19.9 Å². The van der Waals surface area contributed by atoms with Crippen LogP contribution in [-0.2, 0) is 11.3 Å². The Bertz CT molecular complexity index is 892. The van der Waals surface area contributed by atoms with E-state index in [1.165, 1.54) is 11.3 Å². The van der Waals surface area contributed by atoms with Gasteiger partial charge in [-0.1, -0.05) is 18.2 Å². The maximum absolute atomic E-state index is 12.4. The Morgan fingerprint density at radius 2 is 2.07 bits per heavy atom. The van der Waals surface area contributed by atoms with Crippen LogP contribution in [0.15, 0.2) is 29.6 Å². The molecule has 0 aliphatic carbocycles. The van der Waals surface area contributed by atoms with Gasteiger partial charge in [-0.25, -0.2) is 9.59 Å². The molecule has 1 fully saturated rings. The number of piperidine rings is 1. The molecule has 2 aromatic rings. The van der Waals surface area contributed by atoms with Gasteiger partial charge in [-0.05, 0) is 32.8 Å². The van der Waals surface area contributed by atoms with Crippen LogP contribution in [0.1, 0.15) is 32.3 Å². The van der Waals surface area contributed by atoms with Crippen molar-refractivity contribution in [2.75, 3.05) is 22.9 Å². The highest BCUT2D eigenvalue weighted by Gasteiger charge is 2.34. The number of nitrogens with zero attached hydrogens (tertiary/aromatic N) is 3. The van der Waals surface area contributed by atoms with E-state index in [9.17, 15) is 9.59 Å². The van der Waals surface area contributed by atoms with Crippen molar-refractivity contribution in [3.05, 3.63) is 35.2 Å². The number of hydrogen-bond donors (Lipinski definition) is 1. The Morgan fingerprint density at radius 1 is 1.31 bits per heavy atom. The molecule has 9 heteroatoms. The standard InChI is InChI=1S/C20H24N4O4S/c1-13(2)21-19(25)28-17-12-29-18(22-17)23-9-7-15(8-10-23)24-16-6-4-3-5-14(16)11-27-20(24)26/h3-6,12-13,15H,7-11H2,1-2H3,(H,21,25). The van der Waals surface area contributed by atoms with Gasteiger partial charge in [-0.2, -0.15) is 4.98 Å². The Hall–Kier alpha value is -2.81. The van der Waals surface area contributed by atoms with Gasteiger partial charge >= 0.3 is 12.2 Å². The Morgan fingerprint density at radius 3 is 2.83 bits per heavy atom. The summed E-state index contributed by atoms with van der Waals surface area (Å²) in [6.07, 6.45) is 0.848. The molecule has 0 spiro atoms. The average molecular weight is 417 g/mol. The van der Waals surface area contributed by atoms with E-state index in [0.717, 1.165) is 42.3 Å². The zero-order valence-corrected chi connectivity index (χ0v) is 17.3. The third kappa shape index (κ3) is 4.29. The van der Waals surface area contributed by atoms with Crippen LogP contribution in [0.2, 0.25) is 0 Å². The monoisotopic (exact) mass is 416 g/mol. The highest BCUT2D eigenvalue weighted by atomic mass is 32.1. The maximum Gasteiger partial charge on any atom is 0.414 e. The lowest BCUT2D eigenvalue weighted by Gasteiger charge is -2.40. The summed E-state index contributed by atoms with van der Waals surface area (Å²) in [4.78, 5) is 32.5. The molecule has 0 atom stereocenters. The second-order valence-electron chi connectivity index (χ2n) is 7.43. The van der Waals surface area contributed by atoms with Crippen LogP contribution in [0.4, 0.5) is 20.4 Å². The molecular weight excluding hydrogens is 392 g/mol. The number of thiazole rings is 1. The number of hydrogen-bond acceptors (Lipinski definition) is 7. The second-order valence-corrected chi connectivity index (χ2v) is 8.26. The van der Waals surface area contributed by atoms with Crippen LogP contribution in [0.25, 0.3) is 0 Å². The molecule has 1 saturated heterocycles. The van der Waals surface area contributed by atoms with Crippen molar-refractivity contribution in [1.29, 1.82) is 0 Å². The highest BCUT2D eigenvalue weighted by Crippen LogP contribution is 2.33. The number of para-hydroxylation sites is 1. The molecule has 1 N–H and O–H groups in total. The molecule has 8 nitrogen and oxygen atoms in total. The van der Waals surface area contributed by atoms with Gasteiger partial charge in [0.1, 0.15) is 6.61 Å². The Kier molecular flexibility index (Phi) is 5.57. The van der Waals surface area contributed by atoms with Crippen molar-refractivity contribution >= 4 is 34.3 Å². The predicted octanol–water partition coefficient (Wildman–Crippen LogP) is 3.77. The maximum atomic E-state index is 12.4. The van der Waals surface area contributed by atoms with Crippen molar-refractivity contribution in [2.24, 2.45) is 0 Å². The fraction of sp³-hybridized carbons (Fsp3) is 0.450. The first kappa shape index (κ1) is 19.5. The van der Waals surface area contributed by atoms with Crippen molar-refractivity contribution in [1.82, 2.24) is 10.3 Å². The first-order valence-corrected chi connectivity index (χ1v) is 10.6. The fourth-order valence-corrected chi connectivity index (χ4v) is 4.42. The van der Waals surface area contributed by atoms with Gasteiger partial charge in [0.25, 0.3) is 0 Å². The molecule has 1 aromatic heterocycles. The molecule has 1 aromatic carbocycles. The number of rotatable bonds is 4. The third-order valence-electron chi connectivity index (χ3n) is 4.97. The fourth-order valence-electron chi connectivity index (χ4n) is 3.64. The van der Waals surface area contributed by atoms with Crippen LogP contribution in [0.5, 0.6) is 5.88 Å². The van der Waals surface area contributed by atoms with Crippen LogP contribution in [0, 0.1) is 0 Å². The summed E-state index contributed by atoms with van der Waals surface area (Å²) >= 11 is 1.45. The second kappa shape index (κ2) is 8.28. The number of cyclic esters (lactones) is 1. The molecule has 3 heterocycles. The summed E-state index contributed by atoms with van der Waals surface area (Å²) in [5.41, 5.74) is 1.99. The van der Waals surface area contributed by atoms with Gasteiger partial charge in [0, 0.05) is 30.7 Å². The summed E-state index contributed by atoms with van der Waals surface area (Å²) in [6.45, 7) is 5.60. The van der Waals surface area contributed by atoms with Crippen LogP contribution >= 0.6 is 11.3 Å². The van der Waals surface area contributed by atoms with Gasteiger partial charge in [-0.15, -0.1) is 11.3 Å². The molecule has 0 radical (unpaired) electrons. The molecule has 2 amide bonds. The lowest BCUT2D eigenvalue weighted by Crippen LogP contribution is -2.49. The first-order valence-electron chi connectivity index (χ1n) is 9.74. The van der Waals surface area contributed by atoms with Crippen molar-refractivity contribution < 1.29 is 19.1 Å². The quantitative estimate of drug-likeness (QED) is 0.817. The molecule has 2 aliphatic heterocycles. The lowest BCUT2D eigenvalue weighted by atomic mass is 10.0. The van der Waals surface area contributed by atoms with E-state index in [1.54, 1.807) is 10.3 Å². The number of fused-ring (bicyclic) bond motifs is 1. The molecule has 0 bridgehead atoms. The van der Waals surface area contributed by atoms with Gasteiger partial charge in [-0.3, -0.25) is 4.90 Å². The third-order valence-corrected chi connectivity index (χ3v) is 5.85. The number of carbonyl (C=O) groups is 2. The number of ether oxygens (including phenoxy) is 2. The van der Waals surface area contributed by atoms with E-state index < -0.39 is 6.09 Å². The number of anilines is 2. The van der Waals surface area contributed by atoms with Crippen LogP contribution in [-0.4, -0.2) is 42.3 Å². The van der Waals surface area contributed by atoms with E-state index in [2.05, 4.69) is 15.2 Å². The SMILES string of the molecule is CC(C)NC(=O)Oc1csc(N2CCC(N3C(=O)OCc4ccccc43)CC2)n1. The largest absolute Gasteiger partial charge is 0.444 e. The van der Waals surface area contributed by atoms with Gasteiger partial charge < -0.3 is 19.7 Å². The Labute approximate surface area is 173 Å². The summed E-state index contributed by atoms with van der Waals surface area (Å²) in [7, 11) is 0. The molecule has 29 heavy (non-hydrogen) atoms. The minimum Gasteiger partial charge on any atom is -0.444 e. The summed E-state index contributed by atoms with van der Waals surface area (Å²) in [5.74, 6) is 0.304. The highest BCUT2D eigenvalue weighted by molar-refractivity contribution is 7.13. The molecule has 4 rings (SSSR count). The number of carbonyl (C=O) groups excluding carboxylic acids is 2. The normalized spacial score (nSPS) is 17.1. The molecule has 154 valence electrons. The van der Waals surface area contributed by atoms with Crippen molar-refractivity contribution in [3.8, 4) is 5.88 Å². The number of aromatic nitrogens is 1. The smallest absolute Gasteiger partial charge is 0.414 e. The zero-order chi connectivity index (χ0) is 20.4. The number of nitrogens with one attached hydrogen (secondary N) is 1. The summed E-state index contributed by atoms with van der Waals surface area (Å²) in [6, 6.07) is 7.98. The first-order chi connectivity index (χ1) is 14.0. The van der Waals surface area contributed by atoms with Gasteiger partial charge in [0.2, 0.25) is 5.88 Å². The minimum absolute atomic E-state index is 0.00578. The van der Waals surface area contributed by atoms with E-state index in [0.29, 0.717) is 12.5 Å². The minimum atomic E-state index is -0.502. The van der Waals surface area contributed by atoms with Crippen molar-refractivity contribution in [2.45, 2.75) is 45.4 Å². The van der Waals surface area contributed by atoms with Gasteiger partial charge in [0.05, 0.1) is 11.1 Å². The Balaban J connectivity index is 1.38. The lowest BCUT2D eigenvalue weighted by molar-refractivity contribution is 0.137. The van der Waals surface area contributed by atoms with E-state index >= 15 is 0 Å². The van der Waals surface area contributed by atoms with Gasteiger partial charge in [0.15, 0.2) is 5.13 Å².